The van der Waals surface area contributed by atoms with E-state index in [1.54, 1.807) is 0 Å². The molecule has 1 heterocycles. The fourth-order valence-electron chi connectivity index (χ4n) is 3.95. The summed E-state index contributed by atoms with van der Waals surface area (Å²) in [6.45, 7) is 0.718. The molecule has 5 N–H and O–H groups in total. The van der Waals surface area contributed by atoms with Crippen molar-refractivity contribution >= 4 is 34.9 Å². The van der Waals surface area contributed by atoms with Gasteiger partial charge in [0.15, 0.2) is 0 Å². The maximum atomic E-state index is 11.7. The number of aliphatic carboxylic acids is 2. The number of aromatic nitrogens is 1. The molecule has 168 valence electrons. The number of carbonyl (C=O) groups excluding carboxylic acids is 1. The summed E-state index contributed by atoms with van der Waals surface area (Å²) < 4.78 is 0. The van der Waals surface area contributed by atoms with Crippen molar-refractivity contribution in [3.8, 4) is 0 Å². The molecule has 8 heteroatoms. The molecule has 0 fully saturated rings. The first-order valence-electron chi connectivity index (χ1n) is 10.5. The van der Waals surface area contributed by atoms with Crippen LogP contribution in [0, 0.1) is 0 Å². The van der Waals surface area contributed by atoms with Crippen molar-refractivity contribution in [2.45, 2.75) is 38.1 Å². The first-order valence-corrected chi connectivity index (χ1v) is 10.5. The summed E-state index contributed by atoms with van der Waals surface area (Å²) in [6, 6.07) is 16.9. The Morgan fingerprint density at radius 2 is 1.84 bits per heavy atom. The van der Waals surface area contributed by atoms with Gasteiger partial charge in [0.25, 0.3) is 0 Å². The summed E-state index contributed by atoms with van der Waals surface area (Å²) >= 11 is 0. The summed E-state index contributed by atoms with van der Waals surface area (Å²) in [5.74, 6) is -3.65. The molecule has 1 unspecified atom stereocenters. The lowest BCUT2D eigenvalue weighted by Crippen LogP contribution is -2.27. The van der Waals surface area contributed by atoms with Gasteiger partial charge in [-0.05, 0) is 61.4 Å². The number of fused-ring (bicyclic) bond motifs is 3. The predicted molar refractivity (Wildman–Crippen MR) is 122 cm³/mol. The second kappa shape index (κ2) is 10.6. The van der Waals surface area contributed by atoms with E-state index in [-0.39, 0.29) is 6.04 Å². The van der Waals surface area contributed by atoms with E-state index in [9.17, 15) is 4.79 Å². The standard InChI is InChI=1S/C22H25N3O.C2H2O4/c23-17-8-10-21-19(13-17)20-14-18(9-11-22(20)24-21)25(15-26)12-4-7-16-5-2-1-3-6-16;3-1(4)2(5)6/h1-3,5-6,9,11,14-15,17,24H,4,7-8,10,12-13,23H2;(H,3,4)(H,5,6). The number of nitrogens with zero attached hydrogens (tertiary/aromatic N) is 1. The first kappa shape index (κ1) is 23.0. The Bertz CT molecular complexity index is 1080. The molecular formula is C24H27N3O5. The zero-order valence-electron chi connectivity index (χ0n) is 17.7. The highest BCUT2D eigenvalue weighted by atomic mass is 16.4. The third-order valence-corrected chi connectivity index (χ3v) is 5.56. The second-order valence-corrected chi connectivity index (χ2v) is 7.81. The fraction of sp³-hybridized carbons (Fsp3) is 0.292. The average molecular weight is 437 g/mol. The molecular weight excluding hydrogens is 410 g/mol. The molecule has 3 aromatic rings. The highest BCUT2D eigenvalue weighted by Gasteiger charge is 2.20. The largest absolute Gasteiger partial charge is 0.473 e. The van der Waals surface area contributed by atoms with Gasteiger partial charge in [0.05, 0.1) is 0 Å². The van der Waals surface area contributed by atoms with E-state index in [0.29, 0.717) is 0 Å². The van der Waals surface area contributed by atoms with Crippen LogP contribution in [-0.4, -0.2) is 46.1 Å². The molecule has 0 radical (unpaired) electrons. The Morgan fingerprint density at radius 3 is 2.50 bits per heavy atom. The van der Waals surface area contributed by atoms with Gasteiger partial charge in [0.2, 0.25) is 6.41 Å². The minimum Gasteiger partial charge on any atom is -0.473 e. The van der Waals surface area contributed by atoms with Gasteiger partial charge in [-0.1, -0.05) is 30.3 Å². The third kappa shape index (κ3) is 5.73. The van der Waals surface area contributed by atoms with Crippen molar-refractivity contribution in [2.24, 2.45) is 5.73 Å². The molecule has 8 nitrogen and oxygen atoms in total. The summed E-state index contributed by atoms with van der Waals surface area (Å²) in [4.78, 5) is 35.2. The Morgan fingerprint density at radius 1 is 1.12 bits per heavy atom. The number of H-pyrrole nitrogens is 1. The van der Waals surface area contributed by atoms with Crippen LogP contribution in [0.3, 0.4) is 0 Å². The Kier molecular flexibility index (Phi) is 7.62. The van der Waals surface area contributed by atoms with E-state index in [1.807, 2.05) is 17.0 Å². The quantitative estimate of drug-likeness (QED) is 0.346. The van der Waals surface area contributed by atoms with Crippen molar-refractivity contribution < 1.29 is 24.6 Å². The second-order valence-electron chi connectivity index (χ2n) is 7.81. The minimum absolute atomic E-state index is 0.234. The van der Waals surface area contributed by atoms with E-state index < -0.39 is 11.9 Å². The molecule has 1 aromatic heterocycles. The van der Waals surface area contributed by atoms with Crippen LogP contribution >= 0.6 is 0 Å². The van der Waals surface area contributed by atoms with Crippen LogP contribution in [0.25, 0.3) is 10.9 Å². The monoisotopic (exact) mass is 437 g/mol. The number of carboxylic acids is 2. The van der Waals surface area contributed by atoms with Gasteiger partial charge < -0.3 is 25.8 Å². The molecule has 1 amide bonds. The number of hydrogen-bond acceptors (Lipinski definition) is 4. The molecule has 2 aromatic carbocycles. The number of amides is 1. The van der Waals surface area contributed by atoms with Gasteiger partial charge >= 0.3 is 11.9 Å². The van der Waals surface area contributed by atoms with Gasteiger partial charge in [0.1, 0.15) is 0 Å². The molecule has 0 aliphatic heterocycles. The average Bonchev–Trinajstić information content (AvgIpc) is 3.15. The van der Waals surface area contributed by atoms with Gasteiger partial charge in [0, 0.05) is 34.9 Å². The topological polar surface area (TPSA) is 137 Å². The van der Waals surface area contributed by atoms with E-state index in [0.717, 1.165) is 56.3 Å². The summed E-state index contributed by atoms with van der Waals surface area (Å²) in [7, 11) is 0. The molecule has 0 bridgehead atoms. The van der Waals surface area contributed by atoms with Crippen molar-refractivity contribution in [1.29, 1.82) is 0 Å². The van der Waals surface area contributed by atoms with Crippen LogP contribution in [0.15, 0.2) is 48.5 Å². The number of carbonyl (C=O) groups is 3. The zero-order valence-corrected chi connectivity index (χ0v) is 17.7. The van der Waals surface area contributed by atoms with Gasteiger partial charge in [-0.25, -0.2) is 9.59 Å². The summed E-state index contributed by atoms with van der Waals surface area (Å²) in [6.07, 6.45) is 5.81. The summed E-state index contributed by atoms with van der Waals surface area (Å²) in [5, 5.41) is 16.0. The van der Waals surface area contributed by atoms with Crippen molar-refractivity contribution in [3.05, 3.63) is 65.4 Å². The first-order chi connectivity index (χ1) is 15.4. The highest BCUT2D eigenvalue weighted by molar-refractivity contribution is 6.27. The minimum atomic E-state index is -1.82. The molecule has 32 heavy (non-hydrogen) atoms. The number of nitrogens with one attached hydrogen (secondary N) is 1. The van der Waals surface area contributed by atoms with Crippen LogP contribution in [0.5, 0.6) is 0 Å². The van der Waals surface area contributed by atoms with Crippen molar-refractivity contribution in [2.75, 3.05) is 11.4 Å². The SMILES string of the molecule is NC1CCc2[nH]c3ccc(N(C=O)CCCc4ccccc4)cc3c2C1.O=C(O)C(=O)O. The number of rotatable bonds is 6. The number of nitrogens with two attached hydrogens (primary N) is 1. The normalized spacial score (nSPS) is 14.7. The van der Waals surface area contributed by atoms with E-state index >= 15 is 0 Å². The van der Waals surface area contributed by atoms with Crippen LogP contribution in [0.2, 0.25) is 0 Å². The molecule has 1 aliphatic carbocycles. The molecule has 0 saturated carbocycles. The molecule has 1 aliphatic rings. The lowest BCUT2D eigenvalue weighted by molar-refractivity contribution is -0.159. The molecule has 4 rings (SSSR count). The number of anilines is 1. The number of aryl methyl sites for hydroxylation is 2. The summed E-state index contributed by atoms with van der Waals surface area (Å²) in [5.41, 5.74) is 12.2. The van der Waals surface area contributed by atoms with E-state index in [1.165, 1.54) is 22.2 Å². The lowest BCUT2D eigenvalue weighted by Gasteiger charge is -2.19. The Labute approximate surface area is 185 Å². The predicted octanol–water partition coefficient (Wildman–Crippen LogP) is 2.74. The molecule has 0 saturated heterocycles. The van der Waals surface area contributed by atoms with Crippen LogP contribution in [0.4, 0.5) is 5.69 Å². The highest BCUT2D eigenvalue weighted by Crippen LogP contribution is 2.31. The maximum absolute atomic E-state index is 11.7. The maximum Gasteiger partial charge on any atom is 0.414 e. The van der Waals surface area contributed by atoms with Crippen molar-refractivity contribution in [3.63, 3.8) is 0 Å². The third-order valence-electron chi connectivity index (χ3n) is 5.56. The fourth-order valence-corrected chi connectivity index (χ4v) is 3.95. The molecule has 1 atom stereocenters. The number of benzene rings is 2. The van der Waals surface area contributed by atoms with Crippen LogP contribution < -0.4 is 10.6 Å². The molecule has 0 spiro atoms. The Hall–Kier alpha value is -3.65. The van der Waals surface area contributed by atoms with Crippen LogP contribution in [0.1, 0.15) is 29.7 Å². The smallest absolute Gasteiger partial charge is 0.414 e. The van der Waals surface area contributed by atoms with Crippen molar-refractivity contribution in [1.82, 2.24) is 4.98 Å². The number of carboxylic acid groups (broad SMARTS) is 2. The van der Waals surface area contributed by atoms with Gasteiger partial charge in [-0.2, -0.15) is 0 Å². The number of aromatic amines is 1. The lowest BCUT2D eigenvalue weighted by atomic mass is 9.92. The van der Waals surface area contributed by atoms with Crippen LogP contribution in [-0.2, 0) is 33.6 Å². The van der Waals surface area contributed by atoms with E-state index in [2.05, 4.69) is 41.4 Å². The Balaban J connectivity index is 0.000000427. The zero-order chi connectivity index (χ0) is 23.1. The number of hydrogen-bond donors (Lipinski definition) is 4. The van der Waals surface area contributed by atoms with E-state index in [4.69, 9.17) is 25.5 Å². The van der Waals surface area contributed by atoms with Gasteiger partial charge in [-0.3, -0.25) is 4.79 Å². The van der Waals surface area contributed by atoms with Gasteiger partial charge in [-0.15, -0.1) is 0 Å².